The summed E-state index contributed by atoms with van der Waals surface area (Å²) in [5.74, 6) is 1.56. The molecule has 1 aliphatic rings. The molecule has 0 saturated heterocycles. The van der Waals surface area contributed by atoms with E-state index in [1.807, 2.05) is 47.1 Å². The molecule has 0 aliphatic carbocycles. The molecule has 41 heavy (non-hydrogen) atoms. The summed E-state index contributed by atoms with van der Waals surface area (Å²) in [7, 11) is 6.09. The summed E-state index contributed by atoms with van der Waals surface area (Å²) in [5, 5.41) is 16.8. The minimum atomic E-state index is -0.926. The van der Waals surface area contributed by atoms with Crippen LogP contribution in [0.2, 0.25) is 0 Å². The summed E-state index contributed by atoms with van der Waals surface area (Å²) in [6.45, 7) is 16.9. The maximum absolute atomic E-state index is 10.4. The van der Waals surface area contributed by atoms with Gasteiger partial charge in [-0.1, -0.05) is 20.4 Å². The van der Waals surface area contributed by atoms with E-state index in [4.69, 9.17) is 14.7 Å². The first-order valence-electron chi connectivity index (χ1n) is 13.9. The van der Waals surface area contributed by atoms with Gasteiger partial charge in [-0.05, 0) is 58.6 Å². The van der Waals surface area contributed by atoms with Gasteiger partial charge in [-0.2, -0.15) is 4.98 Å². The summed E-state index contributed by atoms with van der Waals surface area (Å²) in [5.41, 5.74) is 6.30. The lowest BCUT2D eigenvalue weighted by molar-refractivity contribution is 0.253. The Labute approximate surface area is 243 Å². The smallest absolute Gasteiger partial charge is 0.234 e. The zero-order valence-corrected chi connectivity index (χ0v) is 25.5. The van der Waals surface area contributed by atoms with E-state index in [1.54, 1.807) is 0 Å². The van der Waals surface area contributed by atoms with Crippen molar-refractivity contribution in [2.45, 2.75) is 46.3 Å². The number of hydrogen-bond donors (Lipinski definition) is 3. The van der Waals surface area contributed by atoms with Gasteiger partial charge in [0.1, 0.15) is 18.3 Å². The van der Waals surface area contributed by atoms with Crippen LogP contribution >= 0.6 is 0 Å². The Balaban J connectivity index is 1.71. The van der Waals surface area contributed by atoms with Crippen LogP contribution in [0.3, 0.4) is 0 Å². The number of benzene rings is 1. The molecule has 1 atom stereocenters. The predicted molar refractivity (Wildman–Crippen MR) is 166 cm³/mol. The SMILES string of the molecule is C=CC(O)Nc1cc(Nc2ncnc(N3CC(C)(C)c4nc(C)c(C)cc43)n2)c(OCC)cc1N(C)CCN(C)C. The maximum atomic E-state index is 10.4. The number of anilines is 6. The molecule has 0 radical (unpaired) electrons. The van der Waals surface area contributed by atoms with Gasteiger partial charge in [0.05, 0.1) is 35.1 Å². The van der Waals surface area contributed by atoms with Crippen molar-refractivity contribution in [2.75, 3.05) is 67.8 Å². The summed E-state index contributed by atoms with van der Waals surface area (Å²) < 4.78 is 6.04. The van der Waals surface area contributed by atoms with Crippen LogP contribution in [-0.2, 0) is 5.41 Å². The highest BCUT2D eigenvalue weighted by Gasteiger charge is 2.39. The molecule has 3 N–H and O–H groups in total. The molecule has 1 aromatic carbocycles. The number of nitrogens with one attached hydrogen (secondary N) is 2. The highest BCUT2D eigenvalue weighted by molar-refractivity contribution is 5.81. The van der Waals surface area contributed by atoms with Crippen LogP contribution in [-0.4, -0.2) is 83.6 Å². The number of likely N-dealkylation sites (N-methyl/N-ethyl adjacent to an activating group) is 2. The fourth-order valence-corrected chi connectivity index (χ4v) is 4.79. The lowest BCUT2D eigenvalue weighted by Gasteiger charge is -2.27. The normalized spacial score (nSPS) is 14.5. The summed E-state index contributed by atoms with van der Waals surface area (Å²) >= 11 is 0. The van der Waals surface area contributed by atoms with Crippen LogP contribution in [0.4, 0.5) is 34.6 Å². The van der Waals surface area contributed by atoms with E-state index in [9.17, 15) is 5.11 Å². The Morgan fingerprint density at radius 3 is 2.56 bits per heavy atom. The molecule has 2 aromatic heterocycles. The summed E-state index contributed by atoms with van der Waals surface area (Å²) in [6.07, 6.45) is 2.03. The van der Waals surface area contributed by atoms with E-state index in [2.05, 4.69) is 68.7 Å². The second kappa shape index (κ2) is 12.3. The minimum Gasteiger partial charge on any atom is -0.492 e. The second-order valence-corrected chi connectivity index (χ2v) is 11.3. The number of aliphatic hydroxyl groups is 1. The topological polar surface area (TPSA) is 115 Å². The molecule has 4 rings (SSSR count). The molecule has 0 spiro atoms. The first kappa shape index (κ1) is 30.0. The molecule has 220 valence electrons. The molecule has 3 aromatic rings. The van der Waals surface area contributed by atoms with Crippen molar-refractivity contribution in [1.82, 2.24) is 24.8 Å². The molecule has 0 amide bonds. The van der Waals surface area contributed by atoms with Crippen molar-refractivity contribution in [3.8, 4) is 5.75 Å². The lowest BCUT2D eigenvalue weighted by Crippen LogP contribution is -2.29. The lowest BCUT2D eigenvalue weighted by atomic mass is 9.91. The van der Waals surface area contributed by atoms with Crippen LogP contribution < -0.4 is 25.2 Å². The van der Waals surface area contributed by atoms with Crippen molar-refractivity contribution in [3.63, 3.8) is 0 Å². The fourth-order valence-electron chi connectivity index (χ4n) is 4.79. The molecular formula is C30H43N9O2. The molecule has 11 heteroatoms. The summed E-state index contributed by atoms with van der Waals surface area (Å²) in [6, 6.07) is 6.01. The van der Waals surface area contributed by atoms with Crippen molar-refractivity contribution in [2.24, 2.45) is 0 Å². The molecule has 0 fully saturated rings. The molecule has 1 aliphatic heterocycles. The maximum Gasteiger partial charge on any atom is 0.234 e. The average molecular weight is 562 g/mol. The van der Waals surface area contributed by atoms with Crippen LogP contribution in [0.1, 0.15) is 37.7 Å². The zero-order chi connectivity index (χ0) is 29.9. The van der Waals surface area contributed by atoms with Gasteiger partial charge >= 0.3 is 0 Å². The standard InChI is InChI=1S/C30H43N9O2/c1-10-26(40)34-21-15-22(25(41-11-2)16-23(21)38(9)13-12-37(7)8)35-28-31-18-32-29(36-28)39-17-30(5,6)27-24(39)14-19(3)20(4)33-27/h10,14-16,18,26,34,40H,1,11-13,17H2,2-9H3,(H,31,32,35,36). The number of fused-ring (bicyclic) bond motifs is 1. The van der Waals surface area contributed by atoms with Crippen molar-refractivity contribution in [3.05, 3.63) is 54.1 Å². The predicted octanol–water partition coefficient (Wildman–Crippen LogP) is 4.37. The van der Waals surface area contributed by atoms with Gasteiger partial charge < -0.3 is 35.2 Å². The van der Waals surface area contributed by atoms with Crippen LogP contribution in [0.15, 0.2) is 37.2 Å². The molecule has 0 saturated carbocycles. The van der Waals surface area contributed by atoms with Crippen LogP contribution in [0.25, 0.3) is 0 Å². The first-order chi connectivity index (χ1) is 19.4. The number of hydrogen-bond acceptors (Lipinski definition) is 11. The quantitative estimate of drug-likeness (QED) is 0.216. The molecule has 0 bridgehead atoms. The highest BCUT2D eigenvalue weighted by Crippen LogP contribution is 2.43. The number of ether oxygens (including phenoxy) is 1. The van der Waals surface area contributed by atoms with E-state index in [1.165, 1.54) is 12.4 Å². The van der Waals surface area contributed by atoms with Gasteiger partial charge in [0.2, 0.25) is 11.9 Å². The third kappa shape index (κ3) is 6.68. The van der Waals surface area contributed by atoms with E-state index < -0.39 is 6.23 Å². The third-order valence-corrected chi connectivity index (χ3v) is 7.20. The molecule has 1 unspecified atom stereocenters. The van der Waals surface area contributed by atoms with Crippen molar-refractivity contribution >= 4 is 34.6 Å². The van der Waals surface area contributed by atoms with Gasteiger partial charge in [0.25, 0.3) is 0 Å². The van der Waals surface area contributed by atoms with E-state index in [0.29, 0.717) is 42.2 Å². The number of pyridine rings is 1. The van der Waals surface area contributed by atoms with Gasteiger partial charge in [-0.25, -0.2) is 9.97 Å². The highest BCUT2D eigenvalue weighted by atomic mass is 16.5. The Morgan fingerprint density at radius 2 is 1.88 bits per heavy atom. The van der Waals surface area contributed by atoms with Crippen molar-refractivity contribution < 1.29 is 9.84 Å². The Morgan fingerprint density at radius 1 is 1.12 bits per heavy atom. The first-order valence-corrected chi connectivity index (χ1v) is 13.9. The second-order valence-electron chi connectivity index (χ2n) is 11.3. The van der Waals surface area contributed by atoms with Gasteiger partial charge in [0, 0.05) is 43.9 Å². The number of rotatable bonds is 12. The van der Waals surface area contributed by atoms with Crippen LogP contribution in [0, 0.1) is 13.8 Å². The fraction of sp³-hybridized carbons (Fsp3) is 0.467. The van der Waals surface area contributed by atoms with Crippen molar-refractivity contribution in [1.29, 1.82) is 0 Å². The van der Waals surface area contributed by atoms with Crippen LogP contribution in [0.5, 0.6) is 5.75 Å². The largest absolute Gasteiger partial charge is 0.492 e. The number of nitrogens with zero attached hydrogens (tertiary/aromatic N) is 7. The van der Waals surface area contributed by atoms with E-state index in [0.717, 1.165) is 41.4 Å². The number of aliphatic hydroxyl groups excluding tert-OH is 1. The molecule has 3 heterocycles. The van der Waals surface area contributed by atoms with Gasteiger partial charge in [0.15, 0.2) is 0 Å². The number of aromatic nitrogens is 4. The zero-order valence-electron chi connectivity index (χ0n) is 25.5. The van der Waals surface area contributed by atoms with Gasteiger partial charge in [-0.3, -0.25) is 4.98 Å². The minimum absolute atomic E-state index is 0.156. The Hall–Kier alpha value is -3.96. The third-order valence-electron chi connectivity index (χ3n) is 7.20. The van der Waals surface area contributed by atoms with E-state index >= 15 is 0 Å². The van der Waals surface area contributed by atoms with E-state index in [-0.39, 0.29) is 5.41 Å². The average Bonchev–Trinajstić information content (AvgIpc) is 3.18. The Bertz CT molecular complexity index is 1390. The monoisotopic (exact) mass is 561 g/mol. The van der Waals surface area contributed by atoms with Gasteiger partial charge in [-0.15, -0.1) is 0 Å². The summed E-state index contributed by atoms with van der Waals surface area (Å²) in [4.78, 5) is 25.0. The Kier molecular flexibility index (Phi) is 8.98. The molecular weight excluding hydrogens is 518 g/mol. The number of aryl methyl sites for hydroxylation is 2. The molecule has 11 nitrogen and oxygen atoms in total.